The second-order valence-corrected chi connectivity index (χ2v) is 3.99. The van der Waals surface area contributed by atoms with E-state index in [1.165, 1.54) is 5.56 Å². The quantitative estimate of drug-likeness (QED) is 0.584. The molecule has 0 aliphatic carbocycles. The van der Waals surface area contributed by atoms with Crippen molar-refractivity contribution in [1.29, 1.82) is 0 Å². The van der Waals surface area contributed by atoms with E-state index >= 15 is 0 Å². The fourth-order valence-electron chi connectivity index (χ4n) is 1.58. The molecule has 2 N–H and O–H groups in total. The zero-order valence-corrected chi connectivity index (χ0v) is 9.24. The minimum Gasteiger partial charge on any atom is -0.398 e. The van der Waals surface area contributed by atoms with Crippen LogP contribution in [0.15, 0.2) is 53.4 Å². The van der Waals surface area contributed by atoms with E-state index in [0.29, 0.717) is 0 Å². The first kappa shape index (κ1) is 10.1. The van der Waals surface area contributed by atoms with Crippen molar-refractivity contribution < 1.29 is 0 Å². The maximum atomic E-state index is 5.92. The topological polar surface area (TPSA) is 26.0 Å². The van der Waals surface area contributed by atoms with Crippen molar-refractivity contribution in [2.24, 2.45) is 0 Å². The third-order valence-electron chi connectivity index (χ3n) is 2.41. The van der Waals surface area contributed by atoms with Gasteiger partial charge in [-0.05, 0) is 23.3 Å². The van der Waals surface area contributed by atoms with E-state index in [0.717, 1.165) is 22.6 Å². The molecule has 0 amide bonds. The van der Waals surface area contributed by atoms with Crippen LogP contribution in [-0.4, -0.2) is 0 Å². The summed E-state index contributed by atoms with van der Waals surface area (Å²) < 4.78 is 0. The summed E-state index contributed by atoms with van der Waals surface area (Å²) in [6, 6.07) is 16.1. The maximum Gasteiger partial charge on any atom is 0.0361 e. The molecule has 2 aromatic carbocycles. The Kier molecular flexibility index (Phi) is 2.97. The molecule has 0 bridgehead atoms. The van der Waals surface area contributed by atoms with Gasteiger partial charge in [-0.1, -0.05) is 36.4 Å². The molecule has 0 aliphatic rings. The number of nitrogen functional groups attached to an aromatic ring is 1. The highest BCUT2D eigenvalue weighted by molar-refractivity contribution is 7.80. The van der Waals surface area contributed by atoms with E-state index in [4.69, 9.17) is 5.73 Å². The molecule has 0 aliphatic heterocycles. The molecule has 15 heavy (non-hydrogen) atoms. The zero-order valence-electron chi connectivity index (χ0n) is 8.35. The van der Waals surface area contributed by atoms with E-state index in [1.54, 1.807) is 0 Å². The van der Waals surface area contributed by atoms with Gasteiger partial charge in [0.15, 0.2) is 0 Å². The Balaban J connectivity index is 2.32. The van der Waals surface area contributed by atoms with Gasteiger partial charge in [-0.3, -0.25) is 0 Å². The summed E-state index contributed by atoms with van der Waals surface area (Å²) >= 11 is 4.42. The first-order valence-corrected chi connectivity index (χ1v) is 5.32. The van der Waals surface area contributed by atoms with E-state index in [2.05, 4.69) is 24.8 Å². The molecule has 0 saturated carbocycles. The molecule has 2 heteroatoms. The van der Waals surface area contributed by atoms with Gasteiger partial charge >= 0.3 is 0 Å². The van der Waals surface area contributed by atoms with Crippen LogP contribution in [0.2, 0.25) is 0 Å². The first-order chi connectivity index (χ1) is 7.27. The molecule has 0 unspecified atom stereocenters. The van der Waals surface area contributed by atoms with Crippen molar-refractivity contribution in [3.63, 3.8) is 0 Å². The van der Waals surface area contributed by atoms with Crippen LogP contribution in [0.5, 0.6) is 0 Å². The Morgan fingerprint density at radius 3 is 2.33 bits per heavy atom. The highest BCUT2D eigenvalue weighted by Crippen LogP contribution is 2.23. The Morgan fingerprint density at radius 1 is 0.933 bits per heavy atom. The summed E-state index contributed by atoms with van der Waals surface area (Å²) in [5.41, 5.74) is 9.09. The lowest BCUT2D eigenvalue weighted by Gasteiger charge is -2.08. The van der Waals surface area contributed by atoms with Gasteiger partial charge in [0.1, 0.15) is 0 Å². The molecule has 2 rings (SSSR count). The third kappa shape index (κ3) is 2.34. The smallest absolute Gasteiger partial charge is 0.0361 e. The number of hydrogen-bond donors (Lipinski definition) is 2. The SMILES string of the molecule is Nc1cccc(S)c1Cc1ccccc1. The van der Waals surface area contributed by atoms with Gasteiger partial charge in [-0.15, -0.1) is 12.6 Å². The third-order valence-corrected chi connectivity index (χ3v) is 2.83. The van der Waals surface area contributed by atoms with Crippen molar-refractivity contribution in [3.05, 3.63) is 59.7 Å². The second kappa shape index (κ2) is 4.41. The Hall–Kier alpha value is -1.41. The molecule has 1 nitrogen and oxygen atoms in total. The van der Waals surface area contributed by atoms with Crippen molar-refractivity contribution in [2.75, 3.05) is 5.73 Å². The second-order valence-electron chi connectivity index (χ2n) is 3.51. The average Bonchev–Trinajstić information content (AvgIpc) is 2.25. The van der Waals surface area contributed by atoms with Crippen LogP contribution >= 0.6 is 12.6 Å². The number of hydrogen-bond acceptors (Lipinski definition) is 2. The first-order valence-electron chi connectivity index (χ1n) is 4.87. The van der Waals surface area contributed by atoms with Gasteiger partial charge in [-0.2, -0.15) is 0 Å². The molecular formula is C13H13NS. The van der Waals surface area contributed by atoms with Crippen molar-refractivity contribution in [1.82, 2.24) is 0 Å². The molecule has 0 radical (unpaired) electrons. The molecule has 2 aromatic rings. The summed E-state index contributed by atoms with van der Waals surface area (Å²) in [5.74, 6) is 0. The van der Waals surface area contributed by atoms with Crippen LogP contribution < -0.4 is 5.73 Å². The lowest BCUT2D eigenvalue weighted by atomic mass is 10.0. The van der Waals surface area contributed by atoms with Crippen LogP contribution in [-0.2, 0) is 6.42 Å². The lowest BCUT2D eigenvalue weighted by Crippen LogP contribution is -1.96. The van der Waals surface area contributed by atoms with E-state index in [-0.39, 0.29) is 0 Å². The number of anilines is 1. The molecule has 76 valence electrons. The van der Waals surface area contributed by atoms with E-state index in [1.807, 2.05) is 36.4 Å². The van der Waals surface area contributed by atoms with Crippen molar-refractivity contribution >= 4 is 18.3 Å². The standard InChI is InChI=1S/C13H13NS/c14-12-7-4-8-13(15)11(12)9-10-5-2-1-3-6-10/h1-8,15H,9,14H2. The molecule has 0 heterocycles. The highest BCUT2D eigenvalue weighted by atomic mass is 32.1. The van der Waals surface area contributed by atoms with Gasteiger partial charge in [0.05, 0.1) is 0 Å². The normalized spacial score (nSPS) is 10.2. The predicted molar refractivity (Wildman–Crippen MR) is 67.4 cm³/mol. The monoisotopic (exact) mass is 215 g/mol. The van der Waals surface area contributed by atoms with E-state index < -0.39 is 0 Å². The van der Waals surface area contributed by atoms with Crippen molar-refractivity contribution in [2.45, 2.75) is 11.3 Å². The van der Waals surface area contributed by atoms with Crippen LogP contribution in [0, 0.1) is 0 Å². The number of benzene rings is 2. The minimum atomic E-state index is 0.811. The van der Waals surface area contributed by atoms with Crippen LogP contribution in [0.1, 0.15) is 11.1 Å². The van der Waals surface area contributed by atoms with Gasteiger partial charge in [0.25, 0.3) is 0 Å². The molecule has 0 spiro atoms. The fourth-order valence-corrected chi connectivity index (χ4v) is 1.88. The largest absolute Gasteiger partial charge is 0.398 e. The average molecular weight is 215 g/mol. The van der Waals surface area contributed by atoms with Crippen LogP contribution in [0.4, 0.5) is 5.69 Å². The molecular weight excluding hydrogens is 202 g/mol. The molecule has 0 saturated heterocycles. The summed E-state index contributed by atoms with van der Waals surface area (Å²) in [5, 5.41) is 0. The van der Waals surface area contributed by atoms with Crippen molar-refractivity contribution in [3.8, 4) is 0 Å². The predicted octanol–water partition coefficient (Wildman–Crippen LogP) is 3.15. The number of thiol groups is 1. The van der Waals surface area contributed by atoms with Gasteiger partial charge < -0.3 is 5.73 Å². The number of nitrogens with two attached hydrogens (primary N) is 1. The fraction of sp³-hybridized carbons (Fsp3) is 0.0769. The zero-order chi connectivity index (χ0) is 10.7. The Labute approximate surface area is 95.3 Å². The highest BCUT2D eigenvalue weighted by Gasteiger charge is 2.03. The summed E-state index contributed by atoms with van der Waals surface area (Å²) in [7, 11) is 0. The van der Waals surface area contributed by atoms with E-state index in [9.17, 15) is 0 Å². The van der Waals surface area contributed by atoms with Gasteiger partial charge in [0.2, 0.25) is 0 Å². The minimum absolute atomic E-state index is 0.811. The van der Waals surface area contributed by atoms with Crippen LogP contribution in [0.25, 0.3) is 0 Å². The lowest BCUT2D eigenvalue weighted by molar-refractivity contribution is 1.14. The molecule has 0 fully saturated rings. The van der Waals surface area contributed by atoms with Gasteiger partial charge in [-0.25, -0.2) is 0 Å². The summed E-state index contributed by atoms with van der Waals surface area (Å²) in [6.07, 6.45) is 0.840. The van der Waals surface area contributed by atoms with Crippen LogP contribution in [0.3, 0.4) is 0 Å². The Bertz CT molecular complexity index is 431. The molecule has 0 aromatic heterocycles. The maximum absolute atomic E-state index is 5.92. The molecule has 0 atom stereocenters. The Morgan fingerprint density at radius 2 is 1.67 bits per heavy atom. The summed E-state index contributed by atoms with van der Waals surface area (Å²) in [4.78, 5) is 0.957. The summed E-state index contributed by atoms with van der Waals surface area (Å²) in [6.45, 7) is 0. The number of rotatable bonds is 2. The van der Waals surface area contributed by atoms with Gasteiger partial charge in [0, 0.05) is 17.0 Å².